The molecule has 2 amide bonds. The average molecular weight is 759 g/mol. The number of amides is 2. The van der Waals surface area contributed by atoms with E-state index in [0.29, 0.717) is 58.7 Å². The molecule has 2 aromatic heterocycles. The summed E-state index contributed by atoms with van der Waals surface area (Å²) >= 11 is 7.46. The van der Waals surface area contributed by atoms with Gasteiger partial charge in [-0.3, -0.25) is 9.78 Å². The van der Waals surface area contributed by atoms with Crippen molar-refractivity contribution >= 4 is 45.0 Å². The third-order valence-corrected chi connectivity index (χ3v) is 10.7. The molecule has 1 aliphatic rings. The van der Waals surface area contributed by atoms with Gasteiger partial charge in [-0.05, 0) is 73.7 Å². The van der Waals surface area contributed by atoms with Gasteiger partial charge in [0.2, 0.25) is 0 Å². The number of halogens is 3. The Morgan fingerprint density at radius 2 is 1.54 bits per heavy atom. The number of pyridine rings is 1. The lowest BCUT2D eigenvalue weighted by atomic mass is 9.89. The molecular weight excluding hydrogens is 714 g/mol. The van der Waals surface area contributed by atoms with Gasteiger partial charge in [-0.15, -0.1) is 11.3 Å². The van der Waals surface area contributed by atoms with Gasteiger partial charge in [0.25, 0.3) is 5.91 Å². The van der Waals surface area contributed by atoms with Crippen molar-refractivity contribution in [3.8, 4) is 11.1 Å². The van der Waals surface area contributed by atoms with Crippen molar-refractivity contribution in [1.29, 1.82) is 0 Å². The molecule has 0 atom stereocenters. The lowest BCUT2D eigenvalue weighted by Gasteiger charge is -2.39. The molecule has 1 N–H and O–H groups in total. The summed E-state index contributed by atoms with van der Waals surface area (Å²) in [5.41, 5.74) is 2.77. The van der Waals surface area contributed by atoms with Gasteiger partial charge < -0.3 is 34.1 Å². The number of ether oxygens (including phenoxy) is 4. The van der Waals surface area contributed by atoms with Crippen LogP contribution in [0.1, 0.15) is 40.9 Å². The molecule has 0 spiro atoms. The van der Waals surface area contributed by atoms with Gasteiger partial charge in [0.1, 0.15) is 23.1 Å². The molecule has 1 saturated carbocycles. The van der Waals surface area contributed by atoms with Crippen LogP contribution in [0.3, 0.4) is 0 Å². The molecule has 0 aliphatic heterocycles. The van der Waals surface area contributed by atoms with Crippen LogP contribution in [0.4, 0.5) is 13.6 Å². The van der Waals surface area contributed by atoms with Gasteiger partial charge in [0.15, 0.2) is 0 Å². The molecule has 0 saturated heterocycles. The molecule has 1 fully saturated rings. The second kappa shape index (κ2) is 19.9. The van der Waals surface area contributed by atoms with E-state index in [2.05, 4.69) is 10.3 Å². The fraction of sp³-hybridized carbons (Fsp3) is 0.447. The van der Waals surface area contributed by atoms with Gasteiger partial charge in [0.05, 0.1) is 54.8 Å². The van der Waals surface area contributed by atoms with Crippen LogP contribution in [0, 0.1) is 11.6 Å². The normalized spacial score (nSPS) is 15.9. The first-order chi connectivity index (χ1) is 25.3. The maximum absolute atomic E-state index is 14.8. The van der Waals surface area contributed by atoms with E-state index >= 15 is 0 Å². The minimum atomic E-state index is -0.680. The Labute approximate surface area is 311 Å². The number of nitrogens with zero attached hydrogens (tertiary/aromatic N) is 3. The predicted molar refractivity (Wildman–Crippen MR) is 198 cm³/mol. The van der Waals surface area contributed by atoms with Crippen molar-refractivity contribution in [2.24, 2.45) is 0 Å². The summed E-state index contributed by atoms with van der Waals surface area (Å²) in [6.07, 6.45) is 5.51. The number of benzene rings is 2. The molecule has 1 aliphatic carbocycles. The largest absolute Gasteiger partial charge is 0.447 e. The molecule has 2 heterocycles. The van der Waals surface area contributed by atoms with E-state index in [-0.39, 0.29) is 51.8 Å². The summed E-state index contributed by atoms with van der Waals surface area (Å²) < 4.78 is 51.3. The smallest absolute Gasteiger partial charge is 0.409 e. The van der Waals surface area contributed by atoms with E-state index in [0.717, 1.165) is 46.7 Å². The Hall–Kier alpha value is -3.72. The summed E-state index contributed by atoms with van der Waals surface area (Å²) in [7, 11) is 3.58. The molecule has 10 nitrogen and oxygen atoms in total. The van der Waals surface area contributed by atoms with E-state index < -0.39 is 23.6 Å². The second-order valence-electron chi connectivity index (χ2n) is 12.5. The quantitative estimate of drug-likeness (QED) is 0.107. The molecule has 4 aromatic rings. The highest BCUT2D eigenvalue weighted by Crippen LogP contribution is 2.40. The molecule has 0 radical (unpaired) electrons. The summed E-state index contributed by atoms with van der Waals surface area (Å²) in [4.78, 5) is 34.9. The Kier molecular flexibility index (Phi) is 15.1. The maximum Gasteiger partial charge on any atom is 0.409 e. The topological polar surface area (TPSA) is 102 Å². The Balaban J connectivity index is 1.18. The van der Waals surface area contributed by atoms with Crippen molar-refractivity contribution < 1.29 is 37.3 Å². The number of carbonyl (C=O) groups is 2. The van der Waals surface area contributed by atoms with Gasteiger partial charge >= 0.3 is 6.09 Å². The van der Waals surface area contributed by atoms with Crippen LogP contribution in [0.25, 0.3) is 21.2 Å². The maximum atomic E-state index is 14.8. The molecule has 2 aromatic carbocycles. The van der Waals surface area contributed by atoms with E-state index in [1.54, 1.807) is 29.2 Å². The van der Waals surface area contributed by atoms with Crippen molar-refractivity contribution in [2.75, 3.05) is 66.9 Å². The third-order valence-electron chi connectivity index (χ3n) is 9.05. The van der Waals surface area contributed by atoms with Gasteiger partial charge in [0, 0.05) is 44.6 Å². The first-order valence-electron chi connectivity index (χ1n) is 17.4. The lowest BCUT2D eigenvalue weighted by Crippen LogP contribution is -2.46. The highest BCUT2D eigenvalue weighted by molar-refractivity contribution is 7.21. The van der Waals surface area contributed by atoms with Crippen molar-refractivity contribution in [3.63, 3.8) is 0 Å². The van der Waals surface area contributed by atoms with E-state index in [4.69, 9.17) is 30.5 Å². The summed E-state index contributed by atoms with van der Waals surface area (Å²) in [5.74, 6) is -1.71. The van der Waals surface area contributed by atoms with Gasteiger partial charge in [-0.2, -0.15) is 0 Å². The Morgan fingerprint density at radius 3 is 2.21 bits per heavy atom. The third kappa shape index (κ3) is 10.5. The van der Waals surface area contributed by atoms with E-state index in [1.165, 1.54) is 0 Å². The number of thiophene rings is 1. The van der Waals surface area contributed by atoms with Crippen LogP contribution >= 0.6 is 22.9 Å². The summed E-state index contributed by atoms with van der Waals surface area (Å²) in [6.45, 7) is 3.85. The van der Waals surface area contributed by atoms with Gasteiger partial charge in [-0.1, -0.05) is 35.9 Å². The van der Waals surface area contributed by atoms with Crippen LogP contribution in [-0.2, 0) is 25.5 Å². The highest BCUT2D eigenvalue weighted by atomic mass is 35.5. The SMILES string of the molecule is CNCCOCCOCCOCCOC(=O)N(C)C1CCC(N(Cc2cccc(-c3cccnc3)c2)C(=O)c2sc3c(F)ccc(F)c3c2Cl)CC1. The van der Waals surface area contributed by atoms with E-state index in [1.807, 2.05) is 43.4 Å². The summed E-state index contributed by atoms with van der Waals surface area (Å²) in [5, 5.41) is 2.83. The Morgan fingerprint density at radius 1 is 0.885 bits per heavy atom. The zero-order chi connectivity index (χ0) is 36.9. The predicted octanol–water partition coefficient (Wildman–Crippen LogP) is 7.19. The fourth-order valence-corrected chi connectivity index (χ4v) is 7.73. The lowest BCUT2D eigenvalue weighted by molar-refractivity contribution is 0.00227. The molecule has 5 rings (SSSR count). The first kappa shape index (κ1) is 39.5. The number of fused-ring (bicyclic) bond motifs is 1. The minimum Gasteiger partial charge on any atom is -0.447 e. The van der Waals surface area contributed by atoms with Crippen LogP contribution in [-0.4, -0.2) is 106 Å². The standard InChI is InChI=1S/C38H45ClF2N4O6S/c1-42-15-16-48-17-18-49-19-20-50-21-22-51-38(47)44(2)29-8-10-30(11-9-29)45(25-26-5-3-6-27(23-26)28-7-4-14-43-24-28)37(46)36-34(39)33-31(40)12-13-32(41)35(33)52-36/h3-7,12-14,23-24,29-30,42H,8-11,15-22,25H2,1-2H3. The zero-order valence-electron chi connectivity index (χ0n) is 29.5. The number of aromatic nitrogens is 1. The highest BCUT2D eigenvalue weighted by Gasteiger charge is 2.34. The number of carbonyl (C=O) groups excluding carboxylic acids is 2. The fourth-order valence-electron chi connectivity index (χ4n) is 6.22. The zero-order valence-corrected chi connectivity index (χ0v) is 31.0. The average Bonchev–Trinajstić information content (AvgIpc) is 3.53. The van der Waals surface area contributed by atoms with Crippen molar-refractivity contribution in [3.05, 3.63) is 88.0 Å². The number of hydrogen-bond donors (Lipinski definition) is 1. The molecule has 0 unspecified atom stereocenters. The van der Waals surface area contributed by atoms with Crippen LogP contribution in [0.5, 0.6) is 0 Å². The monoisotopic (exact) mass is 758 g/mol. The molecule has 0 bridgehead atoms. The van der Waals surface area contributed by atoms with E-state index in [9.17, 15) is 18.4 Å². The van der Waals surface area contributed by atoms with Crippen LogP contribution < -0.4 is 5.32 Å². The number of likely N-dealkylation sites (N-methyl/N-ethyl adjacent to an activating group) is 1. The Bertz CT molecular complexity index is 1760. The number of hydrogen-bond acceptors (Lipinski definition) is 9. The van der Waals surface area contributed by atoms with Gasteiger partial charge in [-0.25, -0.2) is 13.6 Å². The molecule has 52 heavy (non-hydrogen) atoms. The summed E-state index contributed by atoms with van der Waals surface area (Å²) in [6, 6.07) is 13.5. The molecule has 280 valence electrons. The molecular formula is C38H45ClF2N4O6S. The number of nitrogens with one attached hydrogen (secondary N) is 1. The van der Waals surface area contributed by atoms with Crippen molar-refractivity contribution in [1.82, 2.24) is 20.1 Å². The molecule has 14 heteroatoms. The minimum absolute atomic E-state index is 0.0100. The van der Waals surface area contributed by atoms with Crippen LogP contribution in [0.2, 0.25) is 5.02 Å². The van der Waals surface area contributed by atoms with Crippen LogP contribution in [0.15, 0.2) is 60.9 Å². The van der Waals surface area contributed by atoms with Crippen molar-refractivity contribution in [2.45, 2.75) is 44.3 Å². The first-order valence-corrected chi connectivity index (χ1v) is 18.6. The number of rotatable bonds is 18. The second-order valence-corrected chi connectivity index (χ2v) is 13.9.